The van der Waals surface area contributed by atoms with Crippen molar-refractivity contribution in [1.82, 2.24) is 4.31 Å². The summed E-state index contributed by atoms with van der Waals surface area (Å²) in [6, 6.07) is 9.00. The second-order valence-corrected chi connectivity index (χ2v) is 8.58. The Bertz CT molecular complexity index is 930. The first-order chi connectivity index (χ1) is 12.3. The molecule has 0 atom stereocenters. The van der Waals surface area contributed by atoms with Gasteiger partial charge in [0.15, 0.2) is 4.90 Å². The Hall–Kier alpha value is -2.03. The molecule has 0 amide bonds. The predicted octanol–water partition coefficient (Wildman–Crippen LogP) is 3.99. The molecule has 26 heavy (non-hydrogen) atoms. The predicted molar refractivity (Wildman–Crippen MR) is 94.8 cm³/mol. The molecule has 1 aliphatic rings. The lowest BCUT2D eigenvalue weighted by Gasteiger charge is -2.22. The highest BCUT2D eigenvalue weighted by Crippen LogP contribution is 2.35. The van der Waals surface area contributed by atoms with Crippen molar-refractivity contribution in [2.45, 2.75) is 24.3 Å². The molecule has 1 fully saturated rings. The molecule has 0 radical (unpaired) electrons. The third kappa shape index (κ3) is 4.20. The van der Waals surface area contributed by atoms with Crippen LogP contribution in [-0.4, -0.2) is 24.2 Å². The molecule has 0 heterocycles. The molecule has 2 aromatic carbocycles. The van der Waals surface area contributed by atoms with Crippen molar-refractivity contribution >= 4 is 27.3 Å². The highest BCUT2D eigenvalue weighted by atomic mass is 35.5. The van der Waals surface area contributed by atoms with Gasteiger partial charge in [0.1, 0.15) is 5.82 Å². The van der Waals surface area contributed by atoms with Crippen LogP contribution in [0.25, 0.3) is 0 Å². The Labute approximate surface area is 155 Å². The summed E-state index contributed by atoms with van der Waals surface area (Å²) in [5.41, 5.74) is 0.0460. The van der Waals surface area contributed by atoms with Crippen LogP contribution < -0.4 is 0 Å². The number of halogens is 2. The summed E-state index contributed by atoms with van der Waals surface area (Å²) < 4.78 is 40.5. The summed E-state index contributed by atoms with van der Waals surface area (Å²) in [5, 5.41) is 11.4. The molecule has 0 spiro atoms. The number of rotatable bonds is 7. The van der Waals surface area contributed by atoms with Crippen LogP contribution in [0.4, 0.5) is 10.1 Å². The summed E-state index contributed by atoms with van der Waals surface area (Å²) in [4.78, 5) is 10.1. The molecule has 1 aliphatic carbocycles. The first-order valence-electron chi connectivity index (χ1n) is 7.96. The van der Waals surface area contributed by atoms with Crippen molar-refractivity contribution in [3.05, 3.63) is 69.0 Å². The summed E-state index contributed by atoms with van der Waals surface area (Å²) >= 11 is 5.78. The highest BCUT2D eigenvalue weighted by Gasteiger charge is 2.35. The third-order valence-corrected chi connectivity index (χ3v) is 6.26. The standard InChI is InChI=1S/C17H16ClFN2O4S/c18-14-5-8-17(16(9-14)21(22)23)26(24,25)20(10-12-1-2-12)11-13-3-6-15(19)7-4-13/h3-9,12H,1-2,10-11H2. The van der Waals surface area contributed by atoms with Gasteiger partial charge >= 0.3 is 0 Å². The van der Waals surface area contributed by atoms with Gasteiger partial charge in [0.05, 0.1) is 4.92 Å². The normalized spacial score (nSPS) is 14.6. The molecular weight excluding hydrogens is 383 g/mol. The molecule has 0 aromatic heterocycles. The van der Waals surface area contributed by atoms with E-state index in [1.807, 2.05) is 0 Å². The van der Waals surface area contributed by atoms with Crippen molar-refractivity contribution in [2.24, 2.45) is 5.92 Å². The van der Waals surface area contributed by atoms with Crippen molar-refractivity contribution in [3.8, 4) is 0 Å². The maximum atomic E-state index is 13.1. The van der Waals surface area contributed by atoms with Gasteiger partial charge in [-0.2, -0.15) is 4.31 Å². The molecule has 138 valence electrons. The van der Waals surface area contributed by atoms with Crippen LogP contribution in [-0.2, 0) is 16.6 Å². The highest BCUT2D eigenvalue weighted by molar-refractivity contribution is 7.89. The molecule has 1 saturated carbocycles. The van der Waals surface area contributed by atoms with E-state index in [-0.39, 0.29) is 24.0 Å². The fourth-order valence-electron chi connectivity index (χ4n) is 2.62. The summed E-state index contributed by atoms with van der Waals surface area (Å²) in [6.45, 7) is 0.276. The van der Waals surface area contributed by atoms with E-state index in [9.17, 15) is 22.9 Å². The van der Waals surface area contributed by atoms with Crippen LogP contribution in [0.1, 0.15) is 18.4 Å². The quantitative estimate of drug-likeness (QED) is 0.521. The number of hydrogen-bond acceptors (Lipinski definition) is 4. The van der Waals surface area contributed by atoms with Gasteiger partial charge in [-0.3, -0.25) is 10.1 Å². The zero-order valence-electron chi connectivity index (χ0n) is 13.6. The smallest absolute Gasteiger partial charge is 0.258 e. The largest absolute Gasteiger partial charge is 0.290 e. The van der Waals surface area contributed by atoms with Gasteiger partial charge in [-0.05, 0) is 48.6 Å². The molecule has 2 aromatic rings. The molecule has 0 unspecified atom stereocenters. The second kappa shape index (κ2) is 7.30. The number of benzene rings is 2. The number of nitrogens with zero attached hydrogens (tertiary/aromatic N) is 2. The van der Waals surface area contributed by atoms with E-state index >= 15 is 0 Å². The number of sulfonamides is 1. The van der Waals surface area contributed by atoms with Gasteiger partial charge in [0.2, 0.25) is 10.0 Å². The summed E-state index contributed by atoms with van der Waals surface area (Å²) in [5.74, 6) is -0.185. The van der Waals surface area contributed by atoms with E-state index in [0.29, 0.717) is 5.56 Å². The van der Waals surface area contributed by atoms with E-state index in [2.05, 4.69) is 0 Å². The van der Waals surface area contributed by atoms with Crippen LogP contribution in [0, 0.1) is 21.8 Å². The van der Waals surface area contributed by atoms with Gasteiger partial charge in [-0.15, -0.1) is 0 Å². The summed E-state index contributed by atoms with van der Waals surface area (Å²) in [7, 11) is -4.12. The lowest BCUT2D eigenvalue weighted by molar-refractivity contribution is -0.387. The Kier molecular flexibility index (Phi) is 5.27. The molecule has 6 nitrogen and oxygen atoms in total. The maximum Gasteiger partial charge on any atom is 0.290 e. The topological polar surface area (TPSA) is 80.5 Å². The van der Waals surface area contributed by atoms with E-state index in [0.717, 1.165) is 25.0 Å². The zero-order valence-corrected chi connectivity index (χ0v) is 15.2. The minimum atomic E-state index is -4.12. The third-order valence-electron chi connectivity index (χ3n) is 4.17. The SMILES string of the molecule is O=[N+]([O-])c1cc(Cl)ccc1S(=O)(=O)N(Cc1ccc(F)cc1)CC1CC1. The molecule has 0 saturated heterocycles. The van der Waals surface area contributed by atoms with Crippen LogP contribution in [0.2, 0.25) is 5.02 Å². The van der Waals surface area contributed by atoms with Crippen molar-refractivity contribution < 1.29 is 17.7 Å². The van der Waals surface area contributed by atoms with Gasteiger partial charge in [-0.1, -0.05) is 23.7 Å². The van der Waals surface area contributed by atoms with E-state index in [1.54, 1.807) is 0 Å². The minimum absolute atomic E-state index is 0.0128. The Morgan fingerprint density at radius 1 is 1.19 bits per heavy atom. The van der Waals surface area contributed by atoms with Crippen LogP contribution in [0.5, 0.6) is 0 Å². The molecule has 3 rings (SSSR count). The lowest BCUT2D eigenvalue weighted by Crippen LogP contribution is -2.33. The molecular formula is C17H16ClFN2O4S. The Balaban J connectivity index is 1.99. The van der Waals surface area contributed by atoms with Gasteiger partial charge < -0.3 is 0 Å². The van der Waals surface area contributed by atoms with E-state index < -0.39 is 31.3 Å². The molecule has 0 bridgehead atoms. The van der Waals surface area contributed by atoms with E-state index in [1.165, 1.54) is 34.6 Å². The van der Waals surface area contributed by atoms with Crippen molar-refractivity contribution in [3.63, 3.8) is 0 Å². The zero-order chi connectivity index (χ0) is 18.9. The molecule has 9 heteroatoms. The fraction of sp³-hybridized carbons (Fsp3) is 0.294. The summed E-state index contributed by atoms with van der Waals surface area (Å²) in [6.07, 6.45) is 1.83. The average Bonchev–Trinajstić information content (AvgIpc) is 3.40. The van der Waals surface area contributed by atoms with Crippen LogP contribution in [0.3, 0.4) is 0 Å². The number of nitro groups is 1. The van der Waals surface area contributed by atoms with E-state index in [4.69, 9.17) is 11.6 Å². The van der Waals surface area contributed by atoms with Crippen molar-refractivity contribution in [1.29, 1.82) is 0 Å². The first-order valence-corrected chi connectivity index (χ1v) is 9.77. The number of nitro benzene ring substituents is 1. The van der Waals surface area contributed by atoms with Crippen molar-refractivity contribution in [2.75, 3.05) is 6.54 Å². The number of hydrogen-bond donors (Lipinski definition) is 0. The fourth-order valence-corrected chi connectivity index (χ4v) is 4.43. The van der Waals surface area contributed by atoms with Crippen LogP contribution in [0.15, 0.2) is 47.4 Å². The monoisotopic (exact) mass is 398 g/mol. The maximum absolute atomic E-state index is 13.1. The average molecular weight is 399 g/mol. The Morgan fingerprint density at radius 3 is 2.42 bits per heavy atom. The van der Waals surface area contributed by atoms with Gasteiger partial charge in [0, 0.05) is 24.2 Å². The molecule has 0 N–H and O–H groups in total. The van der Waals surface area contributed by atoms with Crippen LogP contribution >= 0.6 is 11.6 Å². The Morgan fingerprint density at radius 2 is 1.85 bits per heavy atom. The van der Waals surface area contributed by atoms with Gasteiger partial charge in [-0.25, -0.2) is 12.8 Å². The molecule has 0 aliphatic heterocycles. The first kappa shape index (κ1) is 18.8. The van der Waals surface area contributed by atoms with Gasteiger partial charge in [0.25, 0.3) is 5.69 Å². The second-order valence-electron chi connectivity index (χ2n) is 6.24. The lowest BCUT2D eigenvalue weighted by atomic mass is 10.2. The minimum Gasteiger partial charge on any atom is -0.258 e.